The number of benzene rings is 1. The maximum Gasteiger partial charge on any atom is 0.320 e. The van der Waals surface area contributed by atoms with Crippen molar-refractivity contribution < 1.29 is 14.3 Å². The van der Waals surface area contributed by atoms with E-state index in [0.717, 1.165) is 15.7 Å². The highest BCUT2D eigenvalue weighted by Gasteiger charge is 2.14. The van der Waals surface area contributed by atoms with Crippen LogP contribution in [0.15, 0.2) is 22.7 Å². The van der Waals surface area contributed by atoms with Gasteiger partial charge in [0.25, 0.3) is 0 Å². The largest absolute Gasteiger partial charge is 0.465 e. The summed E-state index contributed by atoms with van der Waals surface area (Å²) in [4.78, 5) is 25.2. The Labute approximate surface area is 133 Å². The van der Waals surface area contributed by atoms with Gasteiger partial charge in [0.1, 0.15) is 0 Å². The molecule has 1 rings (SSSR count). The van der Waals surface area contributed by atoms with E-state index in [2.05, 4.69) is 21.2 Å². The number of hydrogen-bond acceptors (Lipinski definition) is 4. The van der Waals surface area contributed by atoms with Gasteiger partial charge in [0.15, 0.2) is 0 Å². The molecule has 0 spiro atoms. The SMILES string of the molecule is CCOC(=O)CN(CC)CC(=O)Nc1ccc(Br)cc1C. The summed E-state index contributed by atoms with van der Waals surface area (Å²) in [6.45, 7) is 6.82. The Kier molecular flexibility index (Phi) is 7.39. The molecule has 21 heavy (non-hydrogen) atoms. The van der Waals surface area contributed by atoms with Crippen molar-refractivity contribution in [2.75, 3.05) is 31.6 Å². The minimum Gasteiger partial charge on any atom is -0.465 e. The lowest BCUT2D eigenvalue weighted by molar-refractivity contribution is -0.144. The average molecular weight is 357 g/mol. The molecule has 0 fully saturated rings. The first-order valence-corrected chi connectivity index (χ1v) is 7.69. The van der Waals surface area contributed by atoms with Crippen LogP contribution in [-0.2, 0) is 14.3 Å². The molecule has 0 radical (unpaired) electrons. The second-order valence-corrected chi connectivity index (χ2v) is 5.53. The monoisotopic (exact) mass is 356 g/mol. The fraction of sp³-hybridized carbons (Fsp3) is 0.467. The number of carbonyl (C=O) groups is 2. The molecule has 0 unspecified atom stereocenters. The summed E-state index contributed by atoms with van der Waals surface area (Å²) in [7, 11) is 0. The summed E-state index contributed by atoms with van der Waals surface area (Å²) in [6.07, 6.45) is 0. The maximum atomic E-state index is 12.0. The van der Waals surface area contributed by atoms with E-state index in [-0.39, 0.29) is 25.0 Å². The number of esters is 1. The zero-order valence-corrected chi connectivity index (χ0v) is 14.2. The van der Waals surface area contributed by atoms with Gasteiger partial charge in [-0.25, -0.2) is 0 Å². The van der Waals surface area contributed by atoms with Gasteiger partial charge < -0.3 is 10.1 Å². The van der Waals surface area contributed by atoms with Gasteiger partial charge in [0.2, 0.25) is 5.91 Å². The molecule has 0 aliphatic heterocycles. The number of likely N-dealkylation sites (N-methyl/N-ethyl adjacent to an activating group) is 1. The van der Waals surface area contributed by atoms with Crippen LogP contribution in [0.4, 0.5) is 5.69 Å². The number of anilines is 1. The van der Waals surface area contributed by atoms with E-state index < -0.39 is 0 Å². The molecule has 0 bridgehead atoms. The molecule has 0 saturated heterocycles. The third kappa shape index (κ3) is 6.27. The zero-order valence-electron chi connectivity index (χ0n) is 12.6. The van der Waals surface area contributed by atoms with Crippen LogP contribution in [0.3, 0.4) is 0 Å². The Morgan fingerprint density at radius 3 is 2.57 bits per heavy atom. The molecule has 1 aromatic carbocycles. The number of rotatable bonds is 7. The van der Waals surface area contributed by atoms with Crippen LogP contribution >= 0.6 is 15.9 Å². The number of nitrogens with one attached hydrogen (secondary N) is 1. The van der Waals surface area contributed by atoms with Gasteiger partial charge in [0, 0.05) is 10.2 Å². The number of carbonyl (C=O) groups excluding carboxylic acids is 2. The molecule has 6 heteroatoms. The highest BCUT2D eigenvalue weighted by molar-refractivity contribution is 9.10. The first kappa shape index (κ1) is 17.7. The van der Waals surface area contributed by atoms with E-state index in [1.54, 1.807) is 11.8 Å². The predicted molar refractivity (Wildman–Crippen MR) is 86.3 cm³/mol. The van der Waals surface area contributed by atoms with Crippen molar-refractivity contribution in [1.82, 2.24) is 4.90 Å². The highest BCUT2D eigenvalue weighted by Crippen LogP contribution is 2.19. The molecule has 0 atom stereocenters. The van der Waals surface area contributed by atoms with Gasteiger partial charge in [-0.2, -0.15) is 0 Å². The van der Waals surface area contributed by atoms with Gasteiger partial charge in [-0.1, -0.05) is 22.9 Å². The smallest absolute Gasteiger partial charge is 0.320 e. The molecular formula is C15H21BrN2O3. The predicted octanol–water partition coefficient (Wildman–Crippen LogP) is 2.58. The Morgan fingerprint density at radius 1 is 1.29 bits per heavy atom. The molecule has 0 aliphatic carbocycles. The van der Waals surface area contributed by atoms with Crippen LogP contribution in [0.2, 0.25) is 0 Å². The fourth-order valence-corrected chi connectivity index (χ4v) is 2.30. The number of hydrogen-bond donors (Lipinski definition) is 1. The van der Waals surface area contributed by atoms with Crippen molar-refractivity contribution in [3.05, 3.63) is 28.2 Å². The van der Waals surface area contributed by atoms with Gasteiger partial charge in [-0.15, -0.1) is 0 Å². The second kappa shape index (κ2) is 8.79. The Morgan fingerprint density at radius 2 is 2.00 bits per heavy atom. The van der Waals surface area contributed by atoms with Crippen LogP contribution in [0, 0.1) is 6.92 Å². The van der Waals surface area contributed by atoms with E-state index in [1.165, 1.54) is 0 Å². The fourth-order valence-electron chi connectivity index (χ4n) is 1.83. The summed E-state index contributed by atoms with van der Waals surface area (Å²) in [5.74, 6) is -0.460. The molecule has 116 valence electrons. The van der Waals surface area contributed by atoms with Crippen molar-refractivity contribution in [3.8, 4) is 0 Å². The topological polar surface area (TPSA) is 58.6 Å². The van der Waals surface area contributed by atoms with Gasteiger partial charge in [0.05, 0.1) is 19.7 Å². The average Bonchev–Trinajstić information content (AvgIpc) is 2.41. The third-order valence-corrected chi connectivity index (χ3v) is 3.43. The van der Waals surface area contributed by atoms with Crippen molar-refractivity contribution >= 4 is 33.5 Å². The lowest BCUT2D eigenvalue weighted by atomic mass is 10.2. The molecule has 1 N–H and O–H groups in total. The molecule has 0 aromatic heterocycles. The zero-order chi connectivity index (χ0) is 15.8. The van der Waals surface area contributed by atoms with Crippen LogP contribution < -0.4 is 5.32 Å². The molecule has 1 amide bonds. The minimum absolute atomic E-state index is 0.122. The number of ether oxygens (including phenoxy) is 1. The van der Waals surface area contributed by atoms with Gasteiger partial charge in [-0.3, -0.25) is 14.5 Å². The van der Waals surface area contributed by atoms with Crippen LogP contribution in [0.1, 0.15) is 19.4 Å². The molecule has 0 aliphatic rings. The molecule has 0 saturated carbocycles. The first-order chi connectivity index (χ1) is 9.96. The van der Waals surface area contributed by atoms with Crippen molar-refractivity contribution in [2.45, 2.75) is 20.8 Å². The molecular weight excluding hydrogens is 336 g/mol. The van der Waals surface area contributed by atoms with E-state index in [0.29, 0.717) is 13.2 Å². The Bertz CT molecular complexity index is 506. The number of amides is 1. The summed E-state index contributed by atoms with van der Waals surface area (Å²) in [5, 5.41) is 2.85. The standard InChI is InChI=1S/C15H21BrN2O3/c1-4-18(10-15(20)21-5-2)9-14(19)17-13-7-6-12(16)8-11(13)3/h6-8H,4-5,9-10H2,1-3H3,(H,17,19). The lowest BCUT2D eigenvalue weighted by Gasteiger charge is -2.19. The van der Waals surface area contributed by atoms with E-state index in [4.69, 9.17) is 4.74 Å². The van der Waals surface area contributed by atoms with Crippen LogP contribution in [0.5, 0.6) is 0 Å². The van der Waals surface area contributed by atoms with E-state index in [9.17, 15) is 9.59 Å². The second-order valence-electron chi connectivity index (χ2n) is 4.62. The quantitative estimate of drug-likeness (QED) is 0.762. The van der Waals surface area contributed by atoms with Gasteiger partial charge >= 0.3 is 5.97 Å². The summed E-state index contributed by atoms with van der Waals surface area (Å²) >= 11 is 3.38. The van der Waals surface area contributed by atoms with Crippen molar-refractivity contribution in [1.29, 1.82) is 0 Å². The number of aryl methyl sites for hydroxylation is 1. The normalized spacial score (nSPS) is 10.5. The highest BCUT2D eigenvalue weighted by atomic mass is 79.9. The van der Waals surface area contributed by atoms with Crippen LogP contribution in [-0.4, -0.2) is 43.0 Å². The lowest BCUT2D eigenvalue weighted by Crippen LogP contribution is -2.37. The number of halogens is 1. The number of nitrogens with zero attached hydrogens (tertiary/aromatic N) is 1. The minimum atomic E-state index is -0.313. The van der Waals surface area contributed by atoms with Crippen molar-refractivity contribution in [2.24, 2.45) is 0 Å². The Hall–Kier alpha value is -1.40. The molecule has 1 aromatic rings. The summed E-state index contributed by atoms with van der Waals surface area (Å²) in [6, 6.07) is 5.66. The van der Waals surface area contributed by atoms with Crippen molar-refractivity contribution in [3.63, 3.8) is 0 Å². The summed E-state index contributed by atoms with van der Waals surface area (Å²) in [5.41, 5.74) is 1.75. The van der Waals surface area contributed by atoms with E-state index in [1.807, 2.05) is 32.0 Å². The van der Waals surface area contributed by atoms with E-state index >= 15 is 0 Å². The maximum absolute atomic E-state index is 12.0. The third-order valence-electron chi connectivity index (χ3n) is 2.93. The first-order valence-electron chi connectivity index (χ1n) is 6.90. The Balaban J connectivity index is 2.56. The van der Waals surface area contributed by atoms with Crippen LogP contribution in [0.25, 0.3) is 0 Å². The van der Waals surface area contributed by atoms with Gasteiger partial charge in [-0.05, 0) is 44.2 Å². The molecule has 0 heterocycles. The summed E-state index contributed by atoms with van der Waals surface area (Å²) < 4.78 is 5.86. The molecule has 5 nitrogen and oxygen atoms in total.